The largest absolute Gasteiger partial charge is 0.387 e. The van der Waals surface area contributed by atoms with E-state index in [0.717, 1.165) is 12.8 Å². The molecule has 2 rings (SSSR count). The van der Waals surface area contributed by atoms with Crippen LogP contribution >= 0.6 is 12.2 Å². The molecular formula is C9H12N4OS. The molecule has 0 bridgehead atoms. The van der Waals surface area contributed by atoms with Crippen molar-refractivity contribution in [3.05, 3.63) is 18.2 Å². The van der Waals surface area contributed by atoms with Crippen LogP contribution in [-0.4, -0.2) is 26.5 Å². The fraction of sp³-hybridized carbons (Fsp3) is 0.444. The fourth-order valence-electron chi connectivity index (χ4n) is 1.32. The Morgan fingerprint density at radius 1 is 1.73 bits per heavy atom. The first-order valence-corrected chi connectivity index (χ1v) is 5.18. The number of imidazole rings is 1. The molecule has 1 aromatic rings. The van der Waals surface area contributed by atoms with Crippen LogP contribution in [0.4, 0.5) is 0 Å². The molecule has 0 saturated heterocycles. The second-order valence-corrected chi connectivity index (χ2v) is 4.02. The van der Waals surface area contributed by atoms with Gasteiger partial charge in [0.25, 0.3) is 0 Å². The number of hydrogen-bond acceptors (Lipinski definition) is 3. The quantitative estimate of drug-likeness (QED) is 0.694. The molecule has 3 N–H and O–H groups in total. The van der Waals surface area contributed by atoms with Crippen LogP contribution in [-0.2, 0) is 11.3 Å². The first kappa shape index (κ1) is 10.1. The van der Waals surface area contributed by atoms with Gasteiger partial charge in [-0.1, -0.05) is 12.2 Å². The summed E-state index contributed by atoms with van der Waals surface area (Å²) < 4.78 is 1.65. The van der Waals surface area contributed by atoms with Crippen molar-refractivity contribution in [2.45, 2.75) is 25.4 Å². The van der Waals surface area contributed by atoms with E-state index < -0.39 is 0 Å². The summed E-state index contributed by atoms with van der Waals surface area (Å²) in [6, 6.07) is 0.370. The number of carbonyl (C=O) groups excluding carboxylic acids is 1. The minimum atomic E-state index is -0.0204. The van der Waals surface area contributed by atoms with E-state index in [2.05, 4.69) is 10.3 Å². The molecule has 1 aromatic heterocycles. The zero-order valence-electron chi connectivity index (χ0n) is 8.14. The lowest BCUT2D eigenvalue weighted by Gasteiger charge is -2.06. The molecule has 0 spiro atoms. The summed E-state index contributed by atoms with van der Waals surface area (Å²) in [5, 5.41) is 2.89. The van der Waals surface area contributed by atoms with Gasteiger partial charge in [0.05, 0.1) is 0 Å². The summed E-state index contributed by atoms with van der Waals surface area (Å²) in [6.07, 6.45) is 5.44. The third kappa shape index (κ3) is 2.53. The highest BCUT2D eigenvalue weighted by atomic mass is 32.1. The van der Waals surface area contributed by atoms with E-state index in [1.807, 2.05) is 0 Å². The standard InChI is InChI=1S/C9H12N4OS/c10-8(15)9-11-3-4-13(9)5-7(14)12-6-1-2-6/h3-4,6H,1-2,5H2,(H2,10,15)(H,12,14). The predicted molar refractivity (Wildman–Crippen MR) is 59.3 cm³/mol. The van der Waals surface area contributed by atoms with Gasteiger partial charge < -0.3 is 15.6 Å². The number of nitrogens with one attached hydrogen (secondary N) is 1. The zero-order chi connectivity index (χ0) is 10.8. The van der Waals surface area contributed by atoms with Gasteiger partial charge in [-0.25, -0.2) is 4.98 Å². The average molecular weight is 224 g/mol. The normalized spacial score (nSPS) is 14.9. The van der Waals surface area contributed by atoms with E-state index >= 15 is 0 Å². The number of nitrogens with two attached hydrogens (primary N) is 1. The number of amides is 1. The molecule has 0 atom stereocenters. The van der Waals surface area contributed by atoms with Crippen molar-refractivity contribution < 1.29 is 4.79 Å². The SMILES string of the molecule is NC(=S)c1nccn1CC(=O)NC1CC1. The van der Waals surface area contributed by atoms with E-state index in [1.165, 1.54) is 0 Å². The lowest BCUT2D eigenvalue weighted by Crippen LogP contribution is -2.30. The van der Waals surface area contributed by atoms with Crippen molar-refractivity contribution in [1.29, 1.82) is 0 Å². The molecule has 1 fully saturated rings. The number of hydrogen-bond donors (Lipinski definition) is 2. The molecule has 1 amide bonds. The van der Waals surface area contributed by atoms with E-state index in [4.69, 9.17) is 18.0 Å². The number of aromatic nitrogens is 2. The fourth-order valence-corrected chi connectivity index (χ4v) is 1.49. The molecule has 1 heterocycles. The third-order valence-corrected chi connectivity index (χ3v) is 2.37. The molecule has 6 heteroatoms. The van der Waals surface area contributed by atoms with Gasteiger partial charge in [0.15, 0.2) is 5.82 Å². The van der Waals surface area contributed by atoms with Crippen LogP contribution in [0.15, 0.2) is 12.4 Å². The summed E-state index contributed by atoms with van der Waals surface area (Å²) in [5.74, 6) is 0.462. The Balaban J connectivity index is 1.99. The molecule has 1 aliphatic carbocycles. The van der Waals surface area contributed by atoms with E-state index in [1.54, 1.807) is 17.0 Å². The Hall–Kier alpha value is -1.43. The van der Waals surface area contributed by atoms with Crippen LogP contribution in [0.25, 0.3) is 0 Å². The Labute approximate surface area is 92.7 Å². The van der Waals surface area contributed by atoms with E-state index in [9.17, 15) is 4.79 Å². The maximum atomic E-state index is 11.5. The van der Waals surface area contributed by atoms with Crippen LogP contribution in [0.1, 0.15) is 18.7 Å². The predicted octanol–water partition coefficient (Wildman–Crippen LogP) is -0.204. The van der Waals surface area contributed by atoms with E-state index in [0.29, 0.717) is 11.9 Å². The molecule has 15 heavy (non-hydrogen) atoms. The van der Waals surface area contributed by atoms with Gasteiger partial charge in [-0.3, -0.25) is 4.79 Å². The summed E-state index contributed by atoms with van der Waals surface area (Å²) >= 11 is 4.82. The second-order valence-electron chi connectivity index (χ2n) is 3.58. The van der Waals surface area contributed by atoms with Gasteiger partial charge in [-0.2, -0.15) is 0 Å². The molecule has 0 unspecified atom stereocenters. The minimum absolute atomic E-state index is 0.0204. The molecule has 1 aliphatic rings. The molecule has 1 saturated carbocycles. The highest BCUT2D eigenvalue weighted by Gasteiger charge is 2.23. The van der Waals surface area contributed by atoms with Gasteiger partial charge >= 0.3 is 0 Å². The highest BCUT2D eigenvalue weighted by Crippen LogP contribution is 2.18. The van der Waals surface area contributed by atoms with Crippen molar-refractivity contribution in [3.8, 4) is 0 Å². The lowest BCUT2D eigenvalue weighted by molar-refractivity contribution is -0.121. The van der Waals surface area contributed by atoms with E-state index in [-0.39, 0.29) is 17.4 Å². The van der Waals surface area contributed by atoms with Gasteiger partial charge in [0.1, 0.15) is 11.5 Å². The monoisotopic (exact) mass is 224 g/mol. The Morgan fingerprint density at radius 2 is 2.47 bits per heavy atom. The molecule has 5 nitrogen and oxygen atoms in total. The maximum Gasteiger partial charge on any atom is 0.240 e. The molecule has 0 aliphatic heterocycles. The second kappa shape index (κ2) is 3.98. The van der Waals surface area contributed by atoms with Crippen molar-refractivity contribution in [1.82, 2.24) is 14.9 Å². The summed E-state index contributed by atoms with van der Waals surface area (Å²) in [4.78, 5) is 15.7. The smallest absolute Gasteiger partial charge is 0.240 e. The Morgan fingerprint density at radius 3 is 3.07 bits per heavy atom. The van der Waals surface area contributed by atoms with Crippen molar-refractivity contribution >= 4 is 23.1 Å². The summed E-state index contributed by atoms with van der Waals surface area (Å²) in [7, 11) is 0. The topological polar surface area (TPSA) is 72.9 Å². The van der Waals surface area contributed by atoms with Crippen LogP contribution < -0.4 is 11.1 Å². The number of thiocarbonyl (C=S) groups is 1. The number of carbonyl (C=O) groups is 1. The van der Waals surface area contributed by atoms with Crippen LogP contribution in [0.2, 0.25) is 0 Å². The van der Waals surface area contributed by atoms with Crippen LogP contribution in [0.3, 0.4) is 0 Å². The Kier molecular flexibility index (Phi) is 2.68. The van der Waals surface area contributed by atoms with Crippen LogP contribution in [0.5, 0.6) is 0 Å². The first-order valence-electron chi connectivity index (χ1n) is 4.77. The highest BCUT2D eigenvalue weighted by molar-refractivity contribution is 7.80. The maximum absolute atomic E-state index is 11.5. The van der Waals surface area contributed by atoms with Gasteiger partial charge in [0, 0.05) is 18.4 Å². The molecule has 80 valence electrons. The number of nitrogens with zero attached hydrogens (tertiary/aromatic N) is 2. The Bertz CT molecular complexity index is 397. The van der Waals surface area contributed by atoms with Crippen LogP contribution in [0, 0.1) is 0 Å². The van der Waals surface area contributed by atoms with Gasteiger partial charge in [-0.15, -0.1) is 0 Å². The van der Waals surface area contributed by atoms with Crippen molar-refractivity contribution in [2.75, 3.05) is 0 Å². The van der Waals surface area contributed by atoms with Gasteiger partial charge in [-0.05, 0) is 12.8 Å². The zero-order valence-corrected chi connectivity index (χ0v) is 8.96. The average Bonchev–Trinajstić information content (AvgIpc) is 2.82. The summed E-state index contributed by atoms with van der Waals surface area (Å²) in [6.45, 7) is 0.225. The van der Waals surface area contributed by atoms with Crippen molar-refractivity contribution in [3.63, 3.8) is 0 Å². The number of rotatable bonds is 4. The van der Waals surface area contributed by atoms with Crippen molar-refractivity contribution in [2.24, 2.45) is 5.73 Å². The lowest BCUT2D eigenvalue weighted by atomic mass is 10.5. The minimum Gasteiger partial charge on any atom is -0.387 e. The molecule has 0 aromatic carbocycles. The molecule has 0 radical (unpaired) electrons. The summed E-state index contributed by atoms with van der Waals surface area (Å²) in [5.41, 5.74) is 5.46. The van der Waals surface area contributed by atoms with Gasteiger partial charge in [0.2, 0.25) is 5.91 Å². The third-order valence-electron chi connectivity index (χ3n) is 2.19. The molecular weight excluding hydrogens is 212 g/mol. The first-order chi connectivity index (χ1) is 7.16.